The molecular weight excluding hydrogens is 297 g/mol. The van der Waals surface area contributed by atoms with Crippen LogP contribution in [0.15, 0.2) is 22.7 Å². The van der Waals surface area contributed by atoms with Gasteiger partial charge in [-0.15, -0.1) is 0 Å². The molecule has 1 aromatic heterocycles. The largest absolute Gasteiger partial charge is 0.339 e. The van der Waals surface area contributed by atoms with Crippen molar-refractivity contribution in [3.63, 3.8) is 0 Å². The van der Waals surface area contributed by atoms with Crippen molar-refractivity contribution in [2.24, 2.45) is 5.92 Å². The molecule has 2 aromatic rings. The summed E-state index contributed by atoms with van der Waals surface area (Å²) in [7, 11) is 0. The summed E-state index contributed by atoms with van der Waals surface area (Å²) in [6.07, 6.45) is 0.593. The first kappa shape index (κ1) is 13.9. The molecule has 0 bridgehead atoms. The molecule has 0 saturated carbocycles. The van der Waals surface area contributed by atoms with E-state index < -0.39 is 0 Å². The number of nitrogens with zero attached hydrogens (tertiary/aromatic N) is 2. The molecule has 3 rings (SSSR count). The lowest BCUT2D eigenvalue weighted by Crippen LogP contribution is -2.44. The third kappa shape index (κ3) is 2.82. The van der Waals surface area contributed by atoms with Crippen molar-refractivity contribution >= 4 is 23.2 Å². The quantitative estimate of drug-likeness (QED) is 0.941. The van der Waals surface area contributed by atoms with Crippen LogP contribution in [0.25, 0.3) is 0 Å². The zero-order valence-electron chi connectivity index (χ0n) is 11.1. The molecule has 20 heavy (non-hydrogen) atoms. The van der Waals surface area contributed by atoms with Crippen LogP contribution in [0.3, 0.4) is 0 Å². The standard InChI is InChI=1S/C14H15Cl2N3O/c1-8(10-6-17-7-10)14-18-13(19-20-14)5-9-2-3-11(15)12(16)4-9/h2-4,8,10,17H,5-7H2,1H3. The smallest absolute Gasteiger partial charge is 0.229 e. The maximum Gasteiger partial charge on any atom is 0.229 e. The summed E-state index contributed by atoms with van der Waals surface area (Å²) < 4.78 is 5.36. The van der Waals surface area contributed by atoms with Gasteiger partial charge < -0.3 is 9.84 Å². The predicted octanol–water partition coefficient (Wildman–Crippen LogP) is 3.29. The Hall–Kier alpha value is -1.10. The number of aromatic nitrogens is 2. The molecule has 1 unspecified atom stereocenters. The topological polar surface area (TPSA) is 51.0 Å². The number of hydrogen-bond acceptors (Lipinski definition) is 4. The second-order valence-electron chi connectivity index (χ2n) is 5.18. The van der Waals surface area contributed by atoms with Gasteiger partial charge in [0.05, 0.1) is 10.0 Å². The molecule has 1 fully saturated rings. The predicted molar refractivity (Wildman–Crippen MR) is 78.3 cm³/mol. The summed E-state index contributed by atoms with van der Waals surface area (Å²) >= 11 is 11.9. The number of nitrogens with one attached hydrogen (secondary N) is 1. The van der Waals surface area contributed by atoms with Crippen molar-refractivity contribution in [2.45, 2.75) is 19.3 Å². The third-order valence-electron chi connectivity index (χ3n) is 3.74. The van der Waals surface area contributed by atoms with E-state index in [2.05, 4.69) is 22.4 Å². The molecule has 0 radical (unpaired) electrons. The first-order chi connectivity index (χ1) is 9.63. The fourth-order valence-corrected chi connectivity index (χ4v) is 2.54. The van der Waals surface area contributed by atoms with E-state index >= 15 is 0 Å². The minimum Gasteiger partial charge on any atom is -0.339 e. The van der Waals surface area contributed by atoms with E-state index in [1.54, 1.807) is 6.07 Å². The highest BCUT2D eigenvalue weighted by molar-refractivity contribution is 6.42. The van der Waals surface area contributed by atoms with Gasteiger partial charge in [-0.1, -0.05) is 41.3 Å². The molecule has 0 spiro atoms. The molecule has 1 saturated heterocycles. The number of hydrogen-bond donors (Lipinski definition) is 1. The summed E-state index contributed by atoms with van der Waals surface area (Å²) in [5, 5.41) is 8.39. The molecule has 0 amide bonds. The minimum absolute atomic E-state index is 0.298. The average molecular weight is 312 g/mol. The van der Waals surface area contributed by atoms with Crippen molar-refractivity contribution in [1.82, 2.24) is 15.5 Å². The highest BCUT2D eigenvalue weighted by atomic mass is 35.5. The van der Waals surface area contributed by atoms with Crippen LogP contribution in [-0.2, 0) is 6.42 Å². The molecule has 1 N–H and O–H groups in total. The zero-order valence-corrected chi connectivity index (χ0v) is 12.6. The Morgan fingerprint density at radius 3 is 2.80 bits per heavy atom. The third-order valence-corrected chi connectivity index (χ3v) is 4.48. The van der Waals surface area contributed by atoms with Crippen LogP contribution < -0.4 is 5.32 Å². The first-order valence-corrected chi connectivity index (χ1v) is 7.36. The molecule has 6 heteroatoms. The van der Waals surface area contributed by atoms with Crippen LogP contribution in [0.2, 0.25) is 10.0 Å². The van der Waals surface area contributed by atoms with Gasteiger partial charge in [0.15, 0.2) is 5.82 Å². The Labute approximate surface area is 127 Å². The second-order valence-corrected chi connectivity index (χ2v) is 6.00. The van der Waals surface area contributed by atoms with Gasteiger partial charge in [0.2, 0.25) is 5.89 Å². The van der Waals surface area contributed by atoms with Gasteiger partial charge in [0.1, 0.15) is 0 Å². The van der Waals surface area contributed by atoms with Gasteiger partial charge in [0.25, 0.3) is 0 Å². The maximum atomic E-state index is 6.00. The van der Waals surface area contributed by atoms with Crippen molar-refractivity contribution in [1.29, 1.82) is 0 Å². The maximum absolute atomic E-state index is 6.00. The van der Waals surface area contributed by atoms with Crippen LogP contribution in [0.4, 0.5) is 0 Å². The van der Waals surface area contributed by atoms with Gasteiger partial charge >= 0.3 is 0 Å². The molecule has 2 heterocycles. The lowest BCUT2D eigenvalue weighted by Gasteiger charge is -2.30. The van der Waals surface area contributed by atoms with E-state index in [0.717, 1.165) is 18.7 Å². The van der Waals surface area contributed by atoms with Crippen LogP contribution in [0, 0.1) is 5.92 Å². The van der Waals surface area contributed by atoms with Gasteiger partial charge in [-0.2, -0.15) is 4.98 Å². The number of benzene rings is 1. The number of halogens is 2. The minimum atomic E-state index is 0.298. The highest BCUT2D eigenvalue weighted by Gasteiger charge is 2.28. The molecule has 4 nitrogen and oxygen atoms in total. The average Bonchev–Trinajstić information content (AvgIpc) is 2.80. The Morgan fingerprint density at radius 2 is 2.15 bits per heavy atom. The monoisotopic (exact) mass is 311 g/mol. The van der Waals surface area contributed by atoms with E-state index in [1.165, 1.54) is 0 Å². The number of rotatable bonds is 4. The van der Waals surface area contributed by atoms with Crippen LogP contribution in [-0.4, -0.2) is 23.2 Å². The van der Waals surface area contributed by atoms with E-state index in [1.807, 2.05) is 12.1 Å². The molecule has 1 aromatic carbocycles. The van der Waals surface area contributed by atoms with Crippen LogP contribution >= 0.6 is 23.2 Å². The molecular formula is C14H15Cl2N3O. The van der Waals surface area contributed by atoms with Gasteiger partial charge in [-0.25, -0.2) is 0 Å². The van der Waals surface area contributed by atoms with Crippen molar-refractivity contribution in [3.8, 4) is 0 Å². The summed E-state index contributed by atoms with van der Waals surface area (Å²) in [6, 6.07) is 5.53. The Balaban J connectivity index is 1.71. The second kappa shape index (κ2) is 5.72. The van der Waals surface area contributed by atoms with Crippen LogP contribution in [0.5, 0.6) is 0 Å². The summed E-state index contributed by atoms with van der Waals surface area (Å²) in [5.74, 6) is 2.28. The SMILES string of the molecule is CC(c1nc(Cc2ccc(Cl)c(Cl)c2)no1)C1CNC1. The lowest BCUT2D eigenvalue weighted by atomic mass is 9.89. The molecule has 1 aliphatic rings. The van der Waals surface area contributed by atoms with Crippen LogP contribution in [0.1, 0.15) is 30.1 Å². The molecule has 106 valence electrons. The zero-order chi connectivity index (χ0) is 14.1. The van der Waals surface area contributed by atoms with E-state index in [4.69, 9.17) is 27.7 Å². The highest BCUT2D eigenvalue weighted by Crippen LogP contribution is 2.27. The Morgan fingerprint density at radius 1 is 1.35 bits per heavy atom. The van der Waals surface area contributed by atoms with E-state index in [0.29, 0.717) is 40.0 Å². The fourth-order valence-electron chi connectivity index (χ4n) is 2.22. The van der Waals surface area contributed by atoms with Crippen molar-refractivity contribution in [3.05, 3.63) is 45.5 Å². The molecule has 0 aliphatic carbocycles. The summed E-state index contributed by atoms with van der Waals surface area (Å²) in [5.41, 5.74) is 1.02. The first-order valence-electron chi connectivity index (χ1n) is 6.60. The van der Waals surface area contributed by atoms with Gasteiger partial charge in [0, 0.05) is 12.3 Å². The molecule has 1 aliphatic heterocycles. The Kier molecular flexibility index (Phi) is 3.96. The summed E-state index contributed by atoms with van der Waals surface area (Å²) in [6.45, 7) is 4.17. The van der Waals surface area contributed by atoms with Gasteiger partial charge in [-0.05, 0) is 36.7 Å². The fraction of sp³-hybridized carbons (Fsp3) is 0.429. The molecule has 1 atom stereocenters. The Bertz CT molecular complexity index is 610. The van der Waals surface area contributed by atoms with Crippen molar-refractivity contribution < 1.29 is 4.52 Å². The van der Waals surface area contributed by atoms with Crippen molar-refractivity contribution in [2.75, 3.05) is 13.1 Å². The normalized spacial score (nSPS) is 16.9. The summed E-state index contributed by atoms with van der Waals surface area (Å²) in [4.78, 5) is 4.48. The van der Waals surface area contributed by atoms with Gasteiger partial charge in [-0.3, -0.25) is 0 Å². The van der Waals surface area contributed by atoms with E-state index in [-0.39, 0.29) is 0 Å². The lowest BCUT2D eigenvalue weighted by molar-refractivity contribution is 0.252. The van der Waals surface area contributed by atoms with E-state index in [9.17, 15) is 0 Å².